The number of benzene rings is 2. The molecule has 0 aromatic heterocycles. The summed E-state index contributed by atoms with van der Waals surface area (Å²) in [5.41, 5.74) is 2.14. The minimum atomic E-state index is -2.62. The number of aromatic hydroxyl groups is 2. The molecule has 7 N–H and O–H groups in total. The van der Waals surface area contributed by atoms with Gasteiger partial charge in [0, 0.05) is 32.1 Å². The molecular formula is C26H29N4O6-. The van der Waals surface area contributed by atoms with Gasteiger partial charge in [-0.25, -0.2) is 0 Å². The van der Waals surface area contributed by atoms with E-state index < -0.39 is 52.0 Å². The maximum absolute atomic E-state index is 13.9. The number of carbonyl (C=O) groups excluding carboxylic acids is 2. The molecular weight excluding hydrogens is 464 g/mol. The monoisotopic (exact) mass is 493 g/mol. The number of piperazine rings is 1. The van der Waals surface area contributed by atoms with Gasteiger partial charge in [0.25, 0.3) is 5.91 Å². The second-order valence-corrected chi connectivity index (χ2v) is 10.1. The lowest BCUT2D eigenvalue weighted by Crippen LogP contribution is -2.67. The van der Waals surface area contributed by atoms with Crippen LogP contribution in [0.15, 0.2) is 29.5 Å². The summed E-state index contributed by atoms with van der Waals surface area (Å²) >= 11 is 0. The van der Waals surface area contributed by atoms with Crippen molar-refractivity contribution in [1.29, 1.82) is 0 Å². The largest absolute Gasteiger partial charge is 0.804 e. The van der Waals surface area contributed by atoms with Gasteiger partial charge in [0.1, 0.15) is 22.9 Å². The number of nitrogens with two attached hydrogens (primary N) is 1. The average molecular weight is 494 g/mol. The number of amides is 1. The van der Waals surface area contributed by atoms with Crippen LogP contribution in [0.1, 0.15) is 41.3 Å². The molecule has 10 heteroatoms. The number of fused-ring (bicyclic) bond motifs is 3. The van der Waals surface area contributed by atoms with Crippen LogP contribution in [0.3, 0.4) is 0 Å². The maximum atomic E-state index is 13.9. The highest BCUT2D eigenvalue weighted by atomic mass is 16.3. The molecule has 1 fully saturated rings. The van der Waals surface area contributed by atoms with E-state index in [1.165, 1.54) is 6.07 Å². The van der Waals surface area contributed by atoms with E-state index in [1.54, 1.807) is 12.1 Å². The van der Waals surface area contributed by atoms with Crippen LogP contribution in [0, 0.1) is 5.92 Å². The van der Waals surface area contributed by atoms with Crippen LogP contribution in [0.25, 0.3) is 16.2 Å². The van der Waals surface area contributed by atoms with Crippen LogP contribution < -0.4 is 11.1 Å². The summed E-state index contributed by atoms with van der Waals surface area (Å²) in [6, 6.07) is 3.93. The predicted molar refractivity (Wildman–Crippen MR) is 133 cm³/mol. The Hall–Kier alpha value is -3.47. The molecule has 2 aromatic carbocycles. The molecule has 5 rings (SSSR count). The van der Waals surface area contributed by atoms with Gasteiger partial charge in [-0.1, -0.05) is 19.9 Å². The Morgan fingerprint density at radius 3 is 2.50 bits per heavy atom. The zero-order valence-corrected chi connectivity index (χ0v) is 20.1. The molecule has 0 radical (unpaired) electrons. The number of hydrogen-bond acceptors (Lipinski definition) is 8. The van der Waals surface area contributed by atoms with Crippen LogP contribution in [0.4, 0.5) is 0 Å². The van der Waals surface area contributed by atoms with E-state index in [-0.39, 0.29) is 29.0 Å². The van der Waals surface area contributed by atoms with Crippen LogP contribution in [-0.2, 0) is 11.2 Å². The molecule has 0 spiro atoms. The van der Waals surface area contributed by atoms with Crippen molar-refractivity contribution in [2.24, 2.45) is 11.7 Å². The normalized spacial score (nSPS) is 26.9. The molecule has 3 aliphatic rings. The highest BCUT2D eigenvalue weighted by Crippen LogP contribution is 2.50. The Labute approximate surface area is 207 Å². The standard InChI is InChI=1S/C26H29N4O6/c1-11(2)13-3-4-16(31)18-14(13)9-12-10-15-20(30-7-5-29-6-8-30)22(33)19(25(28)35)23(27)26(15,36)24(34)17(12)21(18)32/h3-4,9,11,15,20,29,31-33,36H,5-8,10H2,1-2H3,(H2,28,35)/q-1/t15-,20+,26+/m0/s1. The molecule has 36 heavy (non-hydrogen) atoms. The van der Waals surface area contributed by atoms with Crippen LogP contribution >= 0.6 is 0 Å². The fourth-order valence-electron chi connectivity index (χ4n) is 6.12. The number of phenols is 2. The number of rotatable bonds is 3. The number of hydrogen-bond donors (Lipinski definition) is 6. The summed E-state index contributed by atoms with van der Waals surface area (Å²) in [5.74, 6) is -4.45. The van der Waals surface area contributed by atoms with Crippen molar-refractivity contribution in [1.82, 2.24) is 10.2 Å². The van der Waals surface area contributed by atoms with E-state index >= 15 is 0 Å². The summed E-state index contributed by atoms with van der Waals surface area (Å²) in [6.45, 7) is 6.03. The number of aliphatic hydroxyl groups is 2. The van der Waals surface area contributed by atoms with Gasteiger partial charge in [-0.05, 0) is 41.0 Å². The van der Waals surface area contributed by atoms with Crippen LogP contribution in [0.2, 0.25) is 0 Å². The first-order valence-corrected chi connectivity index (χ1v) is 12.0. The molecule has 1 aliphatic heterocycles. The van der Waals surface area contributed by atoms with Crippen molar-refractivity contribution in [3.63, 3.8) is 0 Å². The molecule has 190 valence electrons. The second kappa shape index (κ2) is 8.29. The zero-order chi connectivity index (χ0) is 26.1. The van der Waals surface area contributed by atoms with E-state index in [2.05, 4.69) is 5.32 Å². The van der Waals surface area contributed by atoms with Gasteiger partial charge in [-0.3, -0.25) is 14.5 Å². The number of ketones is 1. The second-order valence-electron chi connectivity index (χ2n) is 10.1. The molecule has 0 bridgehead atoms. The van der Waals surface area contributed by atoms with Gasteiger partial charge in [-0.15, -0.1) is 5.71 Å². The summed E-state index contributed by atoms with van der Waals surface area (Å²) in [7, 11) is 0. The van der Waals surface area contributed by atoms with Crippen molar-refractivity contribution in [2.45, 2.75) is 37.8 Å². The first-order chi connectivity index (χ1) is 17.0. The molecule has 0 saturated carbocycles. The van der Waals surface area contributed by atoms with Gasteiger partial charge >= 0.3 is 0 Å². The fraction of sp³-hybridized carbons (Fsp3) is 0.423. The molecule has 3 atom stereocenters. The quantitative estimate of drug-likeness (QED) is 0.367. The Balaban J connectivity index is 1.78. The van der Waals surface area contributed by atoms with E-state index in [0.717, 1.165) is 5.56 Å². The highest BCUT2D eigenvalue weighted by molar-refractivity contribution is 6.36. The third-order valence-electron chi connectivity index (χ3n) is 7.85. The number of Topliss-reactive ketones (excluding diaryl/α,β-unsaturated/α-hetero) is 1. The Kier molecular flexibility index (Phi) is 5.58. The molecule has 1 amide bonds. The Morgan fingerprint density at radius 2 is 1.89 bits per heavy atom. The number of aliphatic hydroxyl groups excluding tert-OH is 1. The smallest absolute Gasteiger partial charge is 0.250 e. The van der Waals surface area contributed by atoms with Gasteiger partial charge < -0.3 is 36.9 Å². The number of nitrogens with one attached hydrogen (secondary N) is 1. The third kappa shape index (κ3) is 3.18. The summed E-state index contributed by atoms with van der Waals surface area (Å²) in [6.07, 6.45) is 0.00300. The van der Waals surface area contributed by atoms with E-state index in [4.69, 9.17) is 5.73 Å². The van der Waals surface area contributed by atoms with Crippen molar-refractivity contribution in [2.75, 3.05) is 26.2 Å². The maximum Gasteiger partial charge on any atom is 0.250 e. The van der Waals surface area contributed by atoms with E-state index in [9.17, 15) is 35.4 Å². The number of phenolic OH excluding ortho intramolecular Hbond substituents is 2. The lowest BCUT2D eigenvalue weighted by atomic mass is 9.60. The van der Waals surface area contributed by atoms with Crippen LogP contribution in [-0.4, -0.2) is 80.6 Å². The lowest BCUT2D eigenvalue weighted by molar-refractivity contribution is -0.114. The SMILES string of the molecule is CC(C)c1ccc(O)c2c(O)c3c(cc12)C[C@H]1[C@@H](N2CCNCC2)C(O)=C(C(N)=O)C(=[N-])[C@@]1(O)C3=O. The van der Waals surface area contributed by atoms with Gasteiger partial charge in [0.05, 0.1) is 22.6 Å². The van der Waals surface area contributed by atoms with Gasteiger partial charge in [0.15, 0.2) is 0 Å². The molecule has 0 unspecified atom stereocenters. The predicted octanol–water partition coefficient (Wildman–Crippen LogP) is 1.06. The number of nitrogens with zero attached hydrogens (tertiary/aromatic N) is 2. The Morgan fingerprint density at radius 1 is 1.22 bits per heavy atom. The van der Waals surface area contributed by atoms with Gasteiger partial charge in [0.2, 0.25) is 5.78 Å². The van der Waals surface area contributed by atoms with Crippen molar-refractivity contribution >= 4 is 28.2 Å². The highest BCUT2D eigenvalue weighted by Gasteiger charge is 2.58. The van der Waals surface area contributed by atoms with Crippen molar-refractivity contribution in [3.8, 4) is 11.5 Å². The van der Waals surface area contributed by atoms with E-state index in [1.807, 2.05) is 18.7 Å². The van der Waals surface area contributed by atoms with Gasteiger partial charge in [-0.2, -0.15) is 0 Å². The lowest BCUT2D eigenvalue weighted by Gasteiger charge is -2.53. The number of primary amides is 1. The first-order valence-electron chi connectivity index (χ1n) is 12.0. The molecule has 2 aliphatic carbocycles. The minimum Gasteiger partial charge on any atom is -0.804 e. The number of carbonyl (C=O) groups is 2. The fourth-order valence-corrected chi connectivity index (χ4v) is 6.12. The summed E-state index contributed by atoms with van der Waals surface area (Å²) in [5, 5.41) is 59.6. The average Bonchev–Trinajstić information content (AvgIpc) is 2.82. The summed E-state index contributed by atoms with van der Waals surface area (Å²) < 4.78 is 0. The minimum absolute atomic E-state index is 0.00300. The topological polar surface area (TPSA) is 179 Å². The molecule has 1 heterocycles. The Bertz CT molecular complexity index is 1360. The molecule has 2 aromatic rings. The molecule has 1 saturated heterocycles. The van der Waals surface area contributed by atoms with Crippen molar-refractivity contribution in [3.05, 3.63) is 51.6 Å². The summed E-state index contributed by atoms with van der Waals surface area (Å²) in [4.78, 5) is 28.0. The first kappa shape index (κ1) is 24.2. The molecule has 10 nitrogen and oxygen atoms in total. The van der Waals surface area contributed by atoms with Crippen molar-refractivity contribution < 1.29 is 30.0 Å². The third-order valence-corrected chi connectivity index (χ3v) is 7.85. The zero-order valence-electron chi connectivity index (χ0n) is 20.1. The van der Waals surface area contributed by atoms with Crippen LogP contribution in [0.5, 0.6) is 11.5 Å². The van der Waals surface area contributed by atoms with E-state index in [0.29, 0.717) is 37.1 Å².